The lowest BCUT2D eigenvalue weighted by Gasteiger charge is -2.21. The molecule has 0 spiro atoms. The van der Waals surface area contributed by atoms with Gasteiger partial charge in [-0.1, -0.05) is 18.2 Å². The summed E-state index contributed by atoms with van der Waals surface area (Å²) in [6.45, 7) is 0.592. The van der Waals surface area contributed by atoms with Gasteiger partial charge in [0.2, 0.25) is 5.91 Å². The lowest BCUT2D eigenvalue weighted by molar-refractivity contribution is -0.148. The van der Waals surface area contributed by atoms with Gasteiger partial charge in [-0.2, -0.15) is 0 Å². The summed E-state index contributed by atoms with van der Waals surface area (Å²) in [7, 11) is 0. The minimum absolute atomic E-state index is 0.00828. The number of hydrogen-bond acceptors (Lipinski definition) is 2. The molecule has 0 radical (unpaired) electrons. The van der Waals surface area contributed by atoms with Crippen molar-refractivity contribution < 1.29 is 14.7 Å². The normalized spacial score (nSPS) is 20.2. The smallest absolute Gasteiger partial charge is 0.326 e. The van der Waals surface area contributed by atoms with Crippen LogP contribution in [0.25, 0.3) is 0 Å². The second-order valence-electron chi connectivity index (χ2n) is 6.39. The van der Waals surface area contributed by atoms with Crippen molar-refractivity contribution >= 4 is 11.9 Å². The van der Waals surface area contributed by atoms with Crippen molar-refractivity contribution in [3.05, 3.63) is 34.9 Å². The first kappa shape index (κ1) is 15.1. The fraction of sp³-hybridized carbons (Fsp3) is 0.556. The number of rotatable bonds is 5. The quantitative estimate of drug-likeness (QED) is 0.909. The van der Waals surface area contributed by atoms with E-state index in [-0.39, 0.29) is 5.91 Å². The lowest BCUT2D eigenvalue weighted by atomic mass is 10.0. The van der Waals surface area contributed by atoms with Crippen LogP contribution >= 0.6 is 0 Å². The van der Waals surface area contributed by atoms with Crippen molar-refractivity contribution in [2.75, 3.05) is 6.54 Å². The number of nitrogens with zero attached hydrogens (tertiary/aromatic N) is 1. The molecular weight excluding hydrogens is 278 g/mol. The highest BCUT2D eigenvalue weighted by Crippen LogP contribution is 2.24. The van der Waals surface area contributed by atoms with Crippen molar-refractivity contribution in [2.45, 2.75) is 57.4 Å². The van der Waals surface area contributed by atoms with Crippen molar-refractivity contribution in [1.29, 1.82) is 0 Å². The number of fused-ring (bicyclic) bond motifs is 1. The molecule has 1 atom stereocenters. The summed E-state index contributed by atoms with van der Waals surface area (Å²) in [5, 5.41) is 9.13. The molecule has 1 aliphatic heterocycles. The van der Waals surface area contributed by atoms with Gasteiger partial charge >= 0.3 is 5.97 Å². The van der Waals surface area contributed by atoms with E-state index in [0.717, 1.165) is 19.3 Å². The Morgan fingerprint density at radius 3 is 2.82 bits per heavy atom. The van der Waals surface area contributed by atoms with Gasteiger partial charge in [0.05, 0.1) is 0 Å². The highest BCUT2D eigenvalue weighted by Gasteiger charge is 2.33. The molecule has 1 fully saturated rings. The number of carboxylic acids is 1. The monoisotopic (exact) mass is 301 g/mol. The molecule has 0 aromatic heterocycles. The molecule has 3 rings (SSSR count). The number of benzene rings is 1. The Kier molecular flexibility index (Phi) is 4.46. The SMILES string of the molecule is O=C(O)C1CCCN1C(=O)CCCc1ccc2c(c1)CCC2. The topological polar surface area (TPSA) is 57.6 Å². The van der Waals surface area contributed by atoms with E-state index in [4.69, 9.17) is 5.11 Å². The van der Waals surface area contributed by atoms with E-state index in [1.54, 1.807) is 4.90 Å². The predicted molar refractivity (Wildman–Crippen MR) is 83.8 cm³/mol. The van der Waals surface area contributed by atoms with Crippen LogP contribution in [0.15, 0.2) is 18.2 Å². The summed E-state index contributed by atoms with van der Waals surface area (Å²) in [6.07, 6.45) is 7.14. The molecule has 1 heterocycles. The maximum absolute atomic E-state index is 12.2. The van der Waals surface area contributed by atoms with Crippen LogP contribution in [0.3, 0.4) is 0 Å². The van der Waals surface area contributed by atoms with Gasteiger partial charge in [0, 0.05) is 13.0 Å². The van der Waals surface area contributed by atoms with Crippen LogP contribution in [0.4, 0.5) is 0 Å². The summed E-state index contributed by atoms with van der Waals surface area (Å²) in [5.41, 5.74) is 4.24. The number of hydrogen-bond donors (Lipinski definition) is 1. The molecule has 1 N–H and O–H groups in total. The van der Waals surface area contributed by atoms with Crippen molar-refractivity contribution in [2.24, 2.45) is 0 Å². The number of carbonyl (C=O) groups excluding carboxylic acids is 1. The zero-order valence-electron chi connectivity index (χ0n) is 12.9. The van der Waals surface area contributed by atoms with E-state index in [1.165, 1.54) is 36.0 Å². The lowest BCUT2D eigenvalue weighted by Crippen LogP contribution is -2.40. The first-order valence-electron chi connectivity index (χ1n) is 8.28. The van der Waals surface area contributed by atoms with Crippen LogP contribution in [0.2, 0.25) is 0 Å². The number of likely N-dealkylation sites (tertiary alicyclic amines) is 1. The van der Waals surface area contributed by atoms with Crippen LogP contribution < -0.4 is 0 Å². The Labute approximate surface area is 131 Å². The van der Waals surface area contributed by atoms with E-state index < -0.39 is 12.0 Å². The Morgan fingerprint density at radius 2 is 2.00 bits per heavy atom. The van der Waals surface area contributed by atoms with E-state index in [1.807, 2.05) is 0 Å². The molecule has 0 saturated carbocycles. The Bertz CT molecular complexity index is 582. The summed E-state index contributed by atoms with van der Waals surface area (Å²) in [6, 6.07) is 6.07. The van der Waals surface area contributed by atoms with Crippen molar-refractivity contribution in [3.8, 4) is 0 Å². The first-order chi connectivity index (χ1) is 10.6. The fourth-order valence-corrected chi connectivity index (χ4v) is 3.69. The molecule has 1 aliphatic carbocycles. The number of carbonyl (C=O) groups is 2. The third-order valence-corrected chi connectivity index (χ3v) is 4.88. The molecule has 118 valence electrons. The first-order valence-corrected chi connectivity index (χ1v) is 8.28. The zero-order valence-corrected chi connectivity index (χ0v) is 12.9. The average molecular weight is 301 g/mol. The largest absolute Gasteiger partial charge is 0.480 e. The number of amides is 1. The molecular formula is C18H23NO3. The molecule has 1 unspecified atom stereocenters. The van der Waals surface area contributed by atoms with Gasteiger partial charge in [0.15, 0.2) is 0 Å². The van der Waals surface area contributed by atoms with Gasteiger partial charge in [-0.05, 0) is 61.6 Å². The standard InChI is InChI=1S/C18H23NO3/c20-17(19-11-3-7-16(19)18(21)22)8-1-4-13-9-10-14-5-2-6-15(14)12-13/h9-10,12,16H,1-8,11H2,(H,21,22). The summed E-state index contributed by atoms with van der Waals surface area (Å²) in [4.78, 5) is 24.9. The number of carboxylic acid groups (broad SMARTS) is 1. The molecule has 1 aromatic rings. The predicted octanol–water partition coefficient (Wildman–Crippen LogP) is 2.57. The molecule has 22 heavy (non-hydrogen) atoms. The second-order valence-corrected chi connectivity index (χ2v) is 6.39. The Balaban J connectivity index is 1.50. The molecule has 0 bridgehead atoms. The maximum Gasteiger partial charge on any atom is 0.326 e. The molecule has 4 heteroatoms. The van der Waals surface area contributed by atoms with Gasteiger partial charge in [0.1, 0.15) is 6.04 Å². The van der Waals surface area contributed by atoms with E-state index in [2.05, 4.69) is 18.2 Å². The maximum atomic E-state index is 12.2. The summed E-state index contributed by atoms with van der Waals surface area (Å²) < 4.78 is 0. The number of aliphatic carboxylic acids is 1. The van der Waals surface area contributed by atoms with Gasteiger partial charge in [-0.25, -0.2) is 4.79 Å². The highest BCUT2D eigenvalue weighted by atomic mass is 16.4. The molecule has 4 nitrogen and oxygen atoms in total. The van der Waals surface area contributed by atoms with Crippen LogP contribution in [-0.2, 0) is 28.9 Å². The van der Waals surface area contributed by atoms with Gasteiger partial charge in [-0.3, -0.25) is 4.79 Å². The molecule has 1 saturated heterocycles. The average Bonchev–Trinajstić information content (AvgIpc) is 3.15. The van der Waals surface area contributed by atoms with Crippen molar-refractivity contribution in [1.82, 2.24) is 4.90 Å². The van der Waals surface area contributed by atoms with E-state index in [0.29, 0.717) is 19.4 Å². The summed E-state index contributed by atoms with van der Waals surface area (Å²) in [5.74, 6) is -0.879. The van der Waals surface area contributed by atoms with Gasteiger partial charge < -0.3 is 10.0 Å². The van der Waals surface area contributed by atoms with Crippen LogP contribution in [0.5, 0.6) is 0 Å². The van der Waals surface area contributed by atoms with E-state index >= 15 is 0 Å². The third-order valence-electron chi connectivity index (χ3n) is 4.88. The molecule has 1 aromatic carbocycles. The van der Waals surface area contributed by atoms with Crippen LogP contribution in [-0.4, -0.2) is 34.5 Å². The molecule has 1 amide bonds. The van der Waals surface area contributed by atoms with Crippen LogP contribution in [0.1, 0.15) is 48.8 Å². The van der Waals surface area contributed by atoms with Crippen LogP contribution in [0, 0.1) is 0 Å². The number of aryl methyl sites for hydroxylation is 3. The Hall–Kier alpha value is -1.84. The third kappa shape index (κ3) is 3.16. The second kappa shape index (κ2) is 6.51. The zero-order chi connectivity index (χ0) is 15.5. The highest BCUT2D eigenvalue weighted by molar-refractivity contribution is 5.84. The minimum Gasteiger partial charge on any atom is -0.480 e. The molecule has 2 aliphatic rings. The van der Waals surface area contributed by atoms with E-state index in [9.17, 15) is 9.59 Å². The summed E-state index contributed by atoms with van der Waals surface area (Å²) >= 11 is 0. The van der Waals surface area contributed by atoms with Gasteiger partial charge in [0.25, 0.3) is 0 Å². The van der Waals surface area contributed by atoms with Crippen molar-refractivity contribution in [3.63, 3.8) is 0 Å². The van der Waals surface area contributed by atoms with Gasteiger partial charge in [-0.15, -0.1) is 0 Å². The minimum atomic E-state index is -0.871. The fourth-order valence-electron chi connectivity index (χ4n) is 3.69. The Morgan fingerprint density at radius 1 is 1.18 bits per heavy atom.